The van der Waals surface area contributed by atoms with Crippen LogP contribution in [0.4, 0.5) is 0 Å². The molecule has 2 N–H and O–H groups in total. The summed E-state index contributed by atoms with van der Waals surface area (Å²) in [7, 11) is 0. The summed E-state index contributed by atoms with van der Waals surface area (Å²) in [6.45, 7) is 10.7. The zero-order chi connectivity index (χ0) is 12.7. The average Bonchev–Trinajstić information content (AvgIpc) is 2.24. The molecule has 17 heavy (non-hydrogen) atoms. The van der Waals surface area contributed by atoms with E-state index < -0.39 is 0 Å². The summed E-state index contributed by atoms with van der Waals surface area (Å²) in [5.41, 5.74) is 0. The predicted octanol–water partition coefficient (Wildman–Crippen LogP) is 0.846. The maximum absolute atomic E-state index is 9.09. The molecule has 3 atom stereocenters. The molecule has 1 rings (SSSR count). The van der Waals surface area contributed by atoms with Crippen LogP contribution in [0.5, 0.6) is 0 Å². The largest absolute Gasteiger partial charge is 0.396 e. The monoisotopic (exact) mass is 244 g/mol. The van der Waals surface area contributed by atoms with Gasteiger partial charge in [0, 0.05) is 32.3 Å². The van der Waals surface area contributed by atoms with Crippen LogP contribution in [-0.4, -0.2) is 61.0 Å². The molecule has 0 aromatic rings. The van der Waals surface area contributed by atoms with Gasteiger partial charge in [-0.15, -0.1) is 0 Å². The van der Waals surface area contributed by atoms with Gasteiger partial charge in [-0.25, -0.2) is 0 Å². The summed E-state index contributed by atoms with van der Waals surface area (Å²) >= 11 is 0. The number of ether oxygens (including phenoxy) is 1. The van der Waals surface area contributed by atoms with E-state index in [1.165, 1.54) is 0 Å². The molecule has 0 bridgehead atoms. The molecule has 0 spiro atoms. The summed E-state index contributed by atoms with van der Waals surface area (Å²) in [6.07, 6.45) is 2.61. The summed E-state index contributed by atoms with van der Waals surface area (Å²) in [5.74, 6) is 0. The van der Waals surface area contributed by atoms with Crippen LogP contribution in [-0.2, 0) is 4.74 Å². The van der Waals surface area contributed by atoms with E-state index in [0.29, 0.717) is 18.2 Å². The lowest BCUT2D eigenvalue weighted by atomic mass is 10.1. The maximum Gasteiger partial charge on any atom is 0.0678 e. The molecule has 1 saturated heterocycles. The Morgan fingerprint density at radius 2 is 2.00 bits per heavy atom. The average molecular weight is 244 g/mol. The number of nitrogens with zero attached hydrogens (tertiary/aromatic N) is 1. The first-order valence-electron chi connectivity index (χ1n) is 6.87. The smallest absolute Gasteiger partial charge is 0.0678 e. The standard InChI is InChI=1S/C13H28N2O2/c1-4-6-14-13(5-7-16)10-15-8-11(2)17-12(3)9-15/h11-14,16H,4-10H2,1-3H3. The molecule has 0 aliphatic carbocycles. The van der Waals surface area contributed by atoms with Crippen molar-refractivity contribution in [3.8, 4) is 0 Å². The zero-order valence-electron chi connectivity index (χ0n) is 11.5. The Balaban J connectivity index is 2.36. The third-order valence-corrected chi connectivity index (χ3v) is 3.13. The normalized spacial score (nSPS) is 28.2. The van der Waals surface area contributed by atoms with Crippen molar-refractivity contribution in [3.63, 3.8) is 0 Å². The fourth-order valence-electron chi connectivity index (χ4n) is 2.51. The lowest BCUT2D eigenvalue weighted by Gasteiger charge is -2.37. The van der Waals surface area contributed by atoms with Gasteiger partial charge >= 0.3 is 0 Å². The van der Waals surface area contributed by atoms with E-state index in [0.717, 1.165) is 39.0 Å². The molecule has 1 heterocycles. The van der Waals surface area contributed by atoms with Crippen molar-refractivity contribution in [1.82, 2.24) is 10.2 Å². The maximum atomic E-state index is 9.09. The molecular weight excluding hydrogens is 216 g/mol. The molecule has 1 aliphatic heterocycles. The third-order valence-electron chi connectivity index (χ3n) is 3.13. The van der Waals surface area contributed by atoms with Crippen molar-refractivity contribution >= 4 is 0 Å². The van der Waals surface area contributed by atoms with Crippen LogP contribution in [0, 0.1) is 0 Å². The molecule has 0 aromatic carbocycles. The Labute approximate surface area is 105 Å². The summed E-state index contributed by atoms with van der Waals surface area (Å²) in [6, 6.07) is 0.400. The Hall–Kier alpha value is -0.160. The van der Waals surface area contributed by atoms with Crippen LogP contribution in [0.25, 0.3) is 0 Å². The van der Waals surface area contributed by atoms with Crippen molar-refractivity contribution in [1.29, 1.82) is 0 Å². The number of hydrogen-bond donors (Lipinski definition) is 2. The summed E-state index contributed by atoms with van der Waals surface area (Å²) in [5, 5.41) is 12.6. The van der Waals surface area contributed by atoms with Gasteiger partial charge < -0.3 is 15.2 Å². The second-order valence-electron chi connectivity index (χ2n) is 5.14. The lowest BCUT2D eigenvalue weighted by Crippen LogP contribution is -2.50. The van der Waals surface area contributed by atoms with E-state index >= 15 is 0 Å². The van der Waals surface area contributed by atoms with E-state index in [-0.39, 0.29) is 6.61 Å². The van der Waals surface area contributed by atoms with E-state index in [1.54, 1.807) is 0 Å². The second kappa shape index (κ2) is 8.03. The minimum Gasteiger partial charge on any atom is -0.396 e. The molecule has 0 aromatic heterocycles. The van der Waals surface area contributed by atoms with Gasteiger partial charge in [0.25, 0.3) is 0 Å². The van der Waals surface area contributed by atoms with Gasteiger partial charge in [0.2, 0.25) is 0 Å². The summed E-state index contributed by atoms with van der Waals surface area (Å²) < 4.78 is 5.73. The van der Waals surface area contributed by atoms with E-state index in [2.05, 4.69) is 31.0 Å². The molecule has 0 amide bonds. The van der Waals surface area contributed by atoms with Gasteiger partial charge in [0.1, 0.15) is 0 Å². The molecule has 0 radical (unpaired) electrons. The summed E-state index contributed by atoms with van der Waals surface area (Å²) in [4.78, 5) is 2.45. The lowest BCUT2D eigenvalue weighted by molar-refractivity contribution is -0.0702. The van der Waals surface area contributed by atoms with Gasteiger partial charge in [-0.1, -0.05) is 6.92 Å². The number of hydrogen-bond acceptors (Lipinski definition) is 4. The van der Waals surface area contributed by atoms with Crippen LogP contribution in [0.3, 0.4) is 0 Å². The number of morpholine rings is 1. The number of rotatable bonds is 7. The van der Waals surface area contributed by atoms with Gasteiger partial charge in [0.05, 0.1) is 12.2 Å². The first-order valence-corrected chi connectivity index (χ1v) is 6.87. The molecule has 0 saturated carbocycles. The Morgan fingerprint density at radius 3 is 2.53 bits per heavy atom. The highest BCUT2D eigenvalue weighted by Crippen LogP contribution is 2.11. The van der Waals surface area contributed by atoms with Crippen LogP contribution < -0.4 is 5.32 Å². The highest BCUT2D eigenvalue weighted by molar-refractivity contribution is 4.78. The second-order valence-corrected chi connectivity index (χ2v) is 5.14. The third kappa shape index (κ3) is 5.82. The Kier molecular flexibility index (Phi) is 7.04. The number of aliphatic hydroxyl groups excluding tert-OH is 1. The van der Waals surface area contributed by atoms with E-state index in [9.17, 15) is 0 Å². The van der Waals surface area contributed by atoms with Gasteiger partial charge in [-0.2, -0.15) is 0 Å². The molecule has 4 heteroatoms. The molecule has 3 unspecified atom stereocenters. The van der Waals surface area contributed by atoms with Crippen molar-refractivity contribution in [3.05, 3.63) is 0 Å². The number of aliphatic hydroxyl groups is 1. The Morgan fingerprint density at radius 1 is 1.35 bits per heavy atom. The highest BCUT2D eigenvalue weighted by Gasteiger charge is 2.23. The topological polar surface area (TPSA) is 44.7 Å². The quantitative estimate of drug-likeness (QED) is 0.697. The molecule has 4 nitrogen and oxygen atoms in total. The predicted molar refractivity (Wildman–Crippen MR) is 70.2 cm³/mol. The van der Waals surface area contributed by atoms with Crippen molar-refractivity contribution < 1.29 is 9.84 Å². The number of nitrogens with one attached hydrogen (secondary N) is 1. The van der Waals surface area contributed by atoms with Crippen molar-refractivity contribution in [2.75, 3.05) is 32.8 Å². The van der Waals surface area contributed by atoms with Crippen LogP contribution in [0.15, 0.2) is 0 Å². The van der Waals surface area contributed by atoms with E-state index in [4.69, 9.17) is 9.84 Å². The van der Waals surface area contributed by atoms with Crippen LogP contribution >= 0.6 is 0 Å². The van der Waals surface area contributed by atoms with Gasteiger partial charge in [-0.05, 0) is 33.2 Å². The van der Waals surface area contributed by atoms with Crippen LogP contribution in [0.1, 0.15) is 33.6 Å². The SMILES string of the molecule is CCCNC(CCO)CN1CC(C)OC(C)C1. The first-order chi connectivity index (χ1) is 8.15. The minimum atomic E-state index is 0.261. The molecule has 1 aliphatic rings. The molecule has 1 fully saturated rings. The fourth-order valence-corrected chi connectivity index (χ4v) is 2.51. The Bertz CT molecular complexity index is 192. The van der Waals surface area contributed by atoms with Crippen LogP contribution in [0.2, 0.25) is 0 Å². The minimum absolute atomic E-state index is 0.261. The van der Waals surface area contributed by atoms with Crippen molar-refractivity contribution in [2.45, 2.75) is 51.9 Å². The zero-order valence-corrected chi connectivity index (χ0v) is 11.5. The molecule has 102 valence electrons. The van der Waals surface area contributed by atoms with Gasteiger partial charge in [0.15, 0.2) is 0 Å². The fraction of sp³-hybridized carbons (Fsp3) is 1.00. The van der Waals surface area contributed by atoms with E-state index in [1.807, 2.05) is 0 Å². The first kappa shape index (κ1) is 14.9. The highest BCUT2D eigenvalue weighted by atomic mass is 16.5. The molecular formula is C13H28N2O2. The van der Waals surface area contributed by atoms with Gasteiger partial charge in [-0.3, -0.25) is 4.90 Å². The van der Waals surface area contributed by atoms with Crippen molar-refractivity contribution in [2.24, 2.45) is 0 Å².